The van der Waals surface area contributed by atoms with Crippen LogP contribution in [-0.2, 0) is 9.59 Å². The van der Waals surface area contributed by atoms with Gasteiger partial charge in [0.05, 0.1) is 17.3 Å². The van der Waals surface area contributed by atoms with Crippen LogP contribution >= 0.6 is 0 Å². The molecule has 1 saturated heterocycles. The van der Waals surface area contributed by atoms with E-state index < -0.39 is 17.7 Å². The maximum Gasteiger partial charge on any atom is 0.295 e. The van der Waals surface area contributed by atoms with Crippen molar-refractivity contribution < 1.29 is 14.7 Å². The van der Waals surface area contributed by atoms with Gasteiger partial charge in [-0.2, -0.15) is 0 Å². The van der Waals surface area contributed by atoms with E-state index in [1.807, 2.05) is 68.4 Å². The highest BCUT2D eigenvalue weighted by Crippen LogP contribution is 2.39. The molecule has 0 aliphatic carbocycles. The number of hydrogen-bond donors (Lipinski definition) is 1. The quantitative estimate of drug-likeness (QED) is 0.392. The van der Waals surface area contributed by atoms with Crippen LogP contribution in [0.2, 0.25) is 0 Å². The van der Waals surface area contributed by atoms with Gasteiger partial charge in [-0.25, -0.2) is 4.98 Å². The van der Waals surface area contributed by atoms with Crippen LogP contribution in [0, 0.1) is 13.8 Å². The summed E-state index contributed by atoms with van der Waals surface area (Å²) in [6.45, 7) is 4.71. The fourth-order valence-electron chi connectivity index (χ4n) is 4.13. The van der Waals surface area contributed by atoms with Crippen molar-refractivity contribution in [2.24, 2.45) is 0 Å². The van der Waals surface area contributed by atoms with Crippen molar-refractivity contribution in [1.82, 2.24) is 19.2 Å². The van der Waals surface area contributed by atoms with Gasteiger partial charge < -0.3 is 14.9 Å². The smallest absolute Gasteiger partial charge is 0.295 e. The van der Waals surface area contributed by atoms with E-state index in [0.717, 1.165) is 11.1 Å². The number of likely N-dealkylation sites (tertiary alicyclic amines) is 1. The molecule has 1 fully saturated rings. The summed E-state index contributed by atoms with van der Waals surface area (Å²) in [6, 6.07) is 12.5. The number of aliphatic hydroxyl groups is 1. The van der Waals surface area contributed by atoms with Gasteiger partial charge in [0.1, 0.15) is 11.3 Å². The van der Waals surface area contributed by atoms with Gasteiger partial charge in [-0.1, -0.05) is 36.4 Å². The molecule has 3 heterocycles. The Balaban J connectivity index is 1.94. The zero-order chi connectivity index (χ0) is 22.3. The third kappa shape index (κ3) is 3.51. The van der Waals surface area contributed by atoms with E-state index in [0.29, 0.717) is 30.1 Å². The highest BCUT2D eigenvalue weighted by molar-refractivity contribution is 6.46. The minimum absolute atomic E-state index is 0.0985. The van der Waals surface area contributed by atoms with E-state index in [2.05, 4.69) is 4.98 Å². The van der Waals surface area contributed by atoms with E-state index >= 15 is 0 Å². The molecule has 1 atom stereocenters. The van der Waals surface area contributed by atoms with Crippen molar-refractivity contribution in [3.05, 3.63) is 76.7 Å². The number of imidazole rings is 1. The lowest BCUT2D eigenvalue weighted by molar-refractivity contribution is -0.140. The van der Waals surface area contributed by atoms with Gasteiger partial charge in [-0.15, -0.1) is 0 Å². The molecule has 0 spiro atoms. The molecule has 3 aromatic rings. The molecular formula is C24H26N4O3. The maximum absolute atomic E-state index is 13.1. The largest absolute Gasteiger partial charge is 0.505 e. The summed E-state index contributed by atoms with van der Waals surface area (Å²) in [5.74, 6) is -1.47. The number of pyridine rings is 1. The molecule has 7 nitrogen and oxygen atoms in total. The number of aryl methyl sites for hydroxylation is 2. The molecule has 2 aromatic heterocycles. The third-order valence-electron chi connectivity index (χ3n) is 5.69. The summed E-state index contributed by atoms with van der Waals surface area (Å²) >= 11 is 0. The van der Waals surface area contributed by atoms with Gasteiger partial charge in [0.2, 0.25) is 0 Å². The number of Topliss-reactive ketones (excluding diaryl/α,β-unsaturated/α-hetero) is 1. The van der Waals surface area contributed by atoms with E-state index in [1.165, 1.54) is 0 Å². The number of carbonyl (C=O) groups is 2. The summed E-state index contributed by atoms with van der Waals surface area (Å²) in [6.07, 6.45) is 1.80. The molecule has 0 bridgehead atoms. The van der Waals surface area contributed by atoms with Crippen molar-refractivity contribution in [3.8, 4) is 0 Å². The highest BCUT2D eigenvalue weighted by atomic mass is 16.3. The lowest BCUT2D eigenvalue weighted by atomic mass is 9.96. The van der Waals surface area contributed by atoms with Gasteiger partial charge >= 0.3 is 0 Å². The molecule has 0 saturated carbocycles. The Morgan fingerprint density at radius 2 is 1.81 bits per heavy atom. The first kappa shape index (κ1) is 20.8. The van der Waals surface area contributed by atoms with Crippen LogP contribution in [0.5, 0.6) is 0 Å². The zero-order valence-electron chi connectivity index (χ0n) is 18.2. The summed E-state index contributed by atoms with van der Waals surface area (Å²) in [4.78, 5) is 34.2. The lowest BCUT2D eigenvalue weighted by Crippen LogP contribution is -2.35. The molecule has 7 heteroatoms. The number of aromatic nitrogens is 2. The minimum atomic E-state index is -0.674. The van der Waals surface area contributed by atoms with Gasteiger partial charge in [-0.05, 0) is 45.1 Å². The Kier molecular flexibility index (Phi) is 5.37. The molecule has 1 N–H and O–H groups in total. The van der Waals surface area contributed by atoms with Crippen LogP contribution in [-0.4, -0.2) is 63.2 Å². The molecule has 1 aromatic carbocycles. The summed E-state index contributed by atoms with van der Waals surface area (Å²) in [5, 5.41) is 11.4. The predicted molar refractivity (Wildman–Crippen MR) is 119 cm³/mol. The lowest BCUT2D eigenvalue weighted by Gasteiger charge is -2.26. The standard InChI is InChI=1S/C24H26N4O3/c1-15-9-8-12-27-19(16(2)25-23(15)27)21(29)18-20(17-10-6-5-7-11-17)28(14-13-26(3)4)24(31)22(18)30/h5-12,20,29H,13-14H2,1-4H3/b21-18+. The van der Waals surface area contributed by atoms with Crippen LogP contribution in [0.1, 0.15) is 28.6 Å². The molecule has 1 aliphatic heterocycles. The average Bonchev–Trinajstić information content (AvgIpc) is 3.21. The maximum atomic E-state index is 13.1. The first-order valence-corrected chi connectivity index (χ1v) is 10.2. The monoisotopic (exact) mass is 418 g/mol. The van der Waals surface area contributed by atoms with Crippen LogP contribution in [0.3, 0.4) is 0 Å². The summed E-state index contributed by atoms with van der Waals surface area (Å²) in [7, 11) is 3.83. The van der Waals surface area contributed by atoms with Crippen LogP contribution in [0.4, 0.5) is 0 Å². The number of aliphatic hydroxyl groups excluding tert-OH is 1. The minimum Gasteiger partial charge on any atom is -0.505 e. The van der Waals surface area contributed by atoms with Crippen molar-refractivity contribution in [3.63, 3.8) is 0 Å². The Hall–Kier alpha value is -3.45. The molecule has 1 unspecified atom stereocenters. The molecule has 31 heavy (non-hydrogen) atoms. The highest BCUT2D eigenvalue weighted by Gasteiger charge is 2.46. The molecular weight excluding hydrogens is 392 g/mol. The SMILES string of the molecule is Cc1nc2c(C)cccn2c1/C(O)=C1\C(=O)C(=O)N(CCN(C)C)C1c1ccccc1. The van der Waals surface area contributed by atoms with E-state index in [4.69, 9.17) is 0 Å². The fourth-order valence-corrected chi connectivity index (χ4v) is 4.13. The Labute approximate surface area is 181 Å². The number of carbonyl (C=O) groups excluding carboxylic acids is 2. The fraction of sp³-hybridized carbons (Fsp3) is 0.292. The van der Waals surface area contributed by atoms with Gasteiger partial charge in [-0.3, -0.25) is 14.0 Å². The second kappa shape index (κ2) is 8.00. The van der Waals surface area contributed by atoms with Crippen molar-refractivity contribution >= 4 is 23.1 Å². The second-order valence-electron chi connectivity index (χ2n) is 8.14. The predicted octanol–water partition coefficient (Wildman–Crippen LogP) is 2.93. The Morgan fingerprint density at radius 1 is 1.10 bits per heavy atom. The number of fused-ring (bicyclic) bond motifs is 1. The van der Waals surface area contributed by atoms with Crippen LogP contribution in [0.15, 0.2) is 54.2 Å². The van der Waals surface area contributed by atoms with Crippen molar-refractivity contribution in [2.45, 2.75) is 19.9 Å². The second-order valence-corrected chi connectivity index (χ2v) is 8.14. The van der Waals surface area contributed by atoms with E-state index in [9.17, 15) is 14.7 Å². The Bertz CT molecular complexity index is 1190. The average molecular weight is 418 g/mol. The normalized spacial score (nSPS) is 18.5. The van der Waals surface area contributed by atoms with Crippen LogP contribution in [0.25, 0.3) is 11.4 Å². The first-order valence-electron chi connectivity index (χ1n) is 10.2. The van der Waals surface area contributed by atoms with E-state index in [1.54, 1.807) is 22.4 Å². The van der Waals surface area contributed by atoms with Crippen LogP contribution < -0.4 is 0 Å². The van der Waals surface area contributed by atoms with Gasteiger partial charge in [0, 0.05) is 19.3 Å². The first-order chi connectivity index (χ1) is 14.8. The molecule has 1 amide bonds. The molecule has 1 aliphatic rings. The van der Waals surface area contributed by atoms with Gasteiger partial charge in [0.25, 0.3) is 11.7 Å². The number of ketones is 1. The molecule has 0 radical (unpaired) electrons. The van der Waals surface area contributed by atoms with Crippen molar-refractivity contribution in [1.29, 1.82) is 0 Å². The summed E-state index contributed by atoms with van der Waals surface area (Å²) < 4.78 is 1.77. The van der Waals surface area contributed by atoms with Gasteiger partial charge in [0.15, 0.2) is 5.76 Å². The number of amides is 1. The summed E-state index contributed by atoms with van der Waals surface area (Å²) in [5.41, 5.74) is 3.57. The number of rotatable bonds is 5. The third-order valence-corrected chi connectivity index (χ3v) is 5.69. The molecule has 4 rings (SSSR count). The number of hydrogen-bond acceptors (Lipinski definition) is 5. The Morgan fingerprint density at radius 3 is 2.48 bits per heavy atom. The zero-order valence-corrected chi connectivity index (χ0v) is 18.2. The van der Waals surface area contributed by atoms with Crippen molar-refractivity contribution in [2.75, 3.05) is 27.2 Å². The number of nitrogens with zero attached hydrogens (tertiary/aromatic N) is 4. The van der Waals surface area contributed by atoms with E-state index in [-0.39, 0.29) is 11.3 Å². The number of benzene rings is 1. The number of likely N-dealkylation sites (N-methyl/N-ethyl adjacent to an activating group) is 1. The molecule has 160 valence electrons. The topological polar surface area (TPSA) is 78.1 Å².